The van der Waals surface area contributed by atoms with Gasteiger partial charge in [-0.1, -0.05) is 0 Å². The number of likely N-dealkylation sites (tertiary alicyclic amines) is 1. The van der Waals surface area contributed by atoms with Gasteiger partial charge in [0.15, 0.2) is 0 Å². The van der Waals surface area contributed by atoms with Crippen molar-refractivity contribution in [1.82, 2.24) is 9.80 Å². The number of piperazine rings is 1. The van der Waals surface area contributed by atoms with Gasteiger partial charge in [0, 0.05) is 30.9 Å². The van der Waals surface area contributed by atoms with E-state index in [2.05, 4.69) is 0 Å². The Balaban J connectivity index is 0.00000280. The Morgan fingerprint density at radius 2 is 1.79 bits per heavy atom. The van der Waals surface area contributed by atoms with Crippen LogP contribution < -0.4 is 10.6 Å². The number of nitrogens with two attached hydrogens (primary N) is 1. The minimum Gasteiger partial charge on any atom is -0.480 e. The van der Waals surface area contributed by atoms with Gasteiger partial charge in [-0.05, 0) is 43.5 Å². The predicted molar refractivity (Wildman–Crippen MR) is 106 cm³/mol. The summed E-state index contributed by atoms with van der Waals surface area (Å²) in [5.74, 6) is -2.24. The fourth-order valence-corrected chi connectivity index (χ4v) is 3.69. The van der Waals surface area contributed by atoms with Crippen molar-refractivity contribution >= 4 is 41.7 Å². The number of nitrogen functional groups attached to an aromatic ring is 1. The SMILES string of the molecule is Cl.N=C(N)c1ccc(N2CCN(C3CCCCN3CC(=O)O)C(=O)C2=O)cc1. The van der Waals surface area contributed by atoms with E-state index in [1.165, 1.54) is 9.80 Å². The zero-order chi connectivity index (χ0) is 19.6. The third-order valence-electron chi connectivity index (χ3n) is 5.02. The number of carboxylic acid groups (broad SMARTS) is 1. The number of rotatable bonds is 5. The molecule has 2 aliphatic rings. The first kappa shape index (κ1) is 21.6. The van der Waals surface area contributed by atoms with Crippen molar-refractivity contribution in [2.45, 2.75) is 25.4 Å². The Hall–Kier alpha value is -2.65. The molecule has 1 aromatic carbocycles. The molecule has 0 aliphatic carbocycles. The fourth-order valence-electron chi connectivity index (χ4n) is 3.69. The average molecular weight is 410 g/mol. The molecule has 1 atom stereocenters. The molecule has 2 fully saturated rings. The molecular formula is C18H24ClN5O4. The first-order valence-corrected chi connectivity index (χ1v) is 8.91. The molecule has 2 heterocycles. The number of hydrogen-bond acceptors (Lipinski definition) is 5. The molecule has 10 heteroatoms. The van der Waals surface area contributed by atoms with Crippen molar-refractivity contribution in [2.24, 2.45) is 5.73 Å². The van der Waals surface area contributed by atoms with Gasteiger partial charge in [-0.2, -0.15) is 0 Å². The molecule has 2 saturated heterocycles. The van der Waals surface area contributed by atoms with Gasteiger partial charge in [0.2, 0.25) is 0 Å². The summed E-state index contributed by atoms with van der Waals surface area (Å²) in [6.45, 7) is 1.14. The van der Waals surface area contributed by atoms with E-state index in [0.29, 0.717) is 37.3 Å². The van der Waals surface area contributed by atoms with Crippen LogP contribution in [-0.4, -0.2) is 70.9 Å². The summed E-state index contributed by atoms with van der Waals surface area (Å²) < 4.78 is 0. The number of amides is 2. The average Bonchev–Trinajstić information content (AvgIpc) is 2.64. The van der Waals surface area contributed by atoms with Gasteiger partial charge in [-0.15, -0.1) is 12.4 Å². The lowest BCUT2D eigenvalue weighted by Crippen LogP contribution is -2.62. The lowest BCUT2D eigenvalue weighted by molar-refractivity contribution is -0.154. The predicted octanol–water partition coefficient (Wildman–Crippen LogP) is 0.464. The number of hydrogen-bond donors (Lipinski definition) is 3. The van der Waals surface area contributed by atoms with Crippen molar-refractivity contribution in [3.8, 4) is 0 Å². The smallest absolute Gasteiger partial charge is 0.317 e. The van der Waals surface area contributed by atoms with Crippen molar-refractivity contribution < 1.29 is 19.5 Å². The van der Waals surface area contributed by atoms with Gasteiger partial charge in [0.05, 0.1) is 12.7 Å². The second-order valence-corrected chi connectivity index (χ2v) is 6.76. The van der Waals surface area contributed by atoms with Gasteiger partial charge in [-0.3, -0.25) is 24.7 Å². The number of piperidine rings is 1. The second kappa shape index (κ2) is 9.03. The molecule has 28 heavy (non-hydrogen) atoms. The zero-order valence-corrected chi connectivity index (χ0v) is 16.2. The fraction of sp³-hybridized carbons (Fsp3) is 0.444. The molecule has 4 N–H and O–H groups in total. The van der Waals surface area contributed by atoms with E-state index in [4.69, 9.17) is 16.2 Å². The van der Waals surface area contributed by atoms with Crippen LogP contribution >= 0.6 is 12.4 Å². The van der Waals surface area contributed by atoms with Crippen molar-refractivity contribution in [2.75, 3.05) is 31.1 Å². The maximum absolute atomic E-state index is 12.7. The van der Waals surface area contributed by atoms with E-state index < -0.39 is 17.8 Å². The highest BCUT2D eigenvalue weighted by molar-refractivity contribution is 6.41. The normalized spacial score (nSPS) is 20.6. The Bertz CT molecular complexity index is 770. The maximum Gasteiger partial charge on any atom is 0.317 e. The minimum atomic E-state index is -0.940. The van der Waals surface area contributed by atoms with Gasteiger partial charge < -0.3 is 20.6 Å². The monoisotopic (exact) mass is 409 g/mol. The zero-order valence-electron chi connectivity index (χ0n) is 15.3. The van der Waals surface area contributed by atoms with Crippen LogP contribution in [-0.2, 0) is 14.4 Å². The molecule has 152 valence electrons. The Morgan fingerprint density at radius 3 is 2.39 bits per heavy atom. The molecule has 2 aliphatic heterocycles. The van der Waals surface area contributed by atoms with E-state index in [1.807, 2.05) is 0 Å². The summed E-state index contributed by atoms with van der Waals surface area (Å²) in [6.07, 6.45) is 2.09. The van der Waals surface area contributed by atoms with Crippen molar-refractivity contribution in [3.63, 3.8) is 0 Å². The van der Waals surface area contributed by atoms with Gasteiger partial charge in [0.1, 0.15) is 5.84 Å². The lowest BCUT2D eigenvalue weighted by Gasteiger charge is -2.44. The largest absolute Gasteiger partial charge is 0.480 e. The highest BCUT2D eigenvalue weighted by Crippen LogP contribution is 2.25. The number of anilines is 1. The number of carboxylic acids is 1. The topological polar surface area (TPSA) is 131 Å². The van der Waals surface area contributed by atoms with E-state index in [9.17, 15) is 14.4 Å². The van der Waals surface area contributed by atoms with E-state index >= 15 is 0 Å². The standard InChI is InChI=1S/C18H23N5O4.ClH/c19-16(20)12-4-6-13(7-5-12)22-9-10-23(18(27)17(22)26)14-3-1-2-8-21(14)11-15(24)25;/h4-7,14H,1-3,8-11H2,(H3,19,20)(H,24,25);1H. The molecule has 0 radical (unpaired) electrons. The Morgan fingerprint density at radius 1 is 1.11 bits per heavy atom. The highest BCUT2D eigenvalue weighted by atomic mass is 35.5. The first-order valence-electron chi connectivity index (χ1n) is 8.91. The molecule has 0 aromatic heterocycles. The molecule has 0 bridgehead atoms. The van der Waals surface area contributed by atoms with E-state index in [-0.39, 0.29) is 31.0 Å². The van der Waals surface area contributed by atoms with E-state index in [0.717, 1.165) is 12.8 Å². The summed E-state index contributed by atoms with van der Waals surface area (Å²) >= 11 is 0. The second-order valence-electron chi connectivity index (χ2n) is 6.76. The van der Waals surface area contributed by atoms with Crippen LogP contribution in [0.4, 0.5) is 5.69 Å². The number of carbonyl (C=O) groups is 3. The van der Waals surface area contributed by atoms with Crippen LogP contribution in [0.3, 0.4) is 0 Å². The number of nitrogens with zero attached hydrogens (tertiary/aromatic N) is 3. The van der Waals surface area contributed by atoms with Crippen LogP contribution in [0.25, 0.3) is 0 Å². The molecular weight excluding hydrogens is 386 g/mol. The van der Waals surface area contributed by atoms with Gasteiger partial charge in [-0.25, -0.2) is 0 Å². The molecule has 9 nitrogen and oxygen atoms in total. The molecule has 1 aromatic rings. The molecule has 0 saturated carbocycles. The molecule has 0 spiro atoms. The number of aliphatic carboxylic acids is 1. The third kappa shape index (κ3) is 4.42. The third-order valence-corrected chi connectivity index (χ3v) is 5.02. The van der Waals surface area contributed by atoms with Crippen molar-refractivity contribution in [3.05, 3.63) is 29.8 Å². The lowest BCUT2D eigenvalue weighted by atomic mass is 10.1. The van der Waals surface area contributed by atoms with Crippen molar-refractivity contribution in [1.29, 1.82) is 5.41 Å². The number of benzene rings is 1. The molecule has 1 unspecified atom stereocenters. The van der Waals surface area contributed by atoms with Crippen LogP contribution in [0.1, 0.15) is 24.8 Å². The summed E-state index contributed by atoms with van der Waals surface area (Å²) in [5.41, 5.74) is 6.55. The number of carbonyl (C=O) groups excluding carboxylic acids is 2. The highest BCUT2D eigenvalue weighted by Gasteiger charge is 2.40. The number of nitrogens with one attached hydrogen (secondary N) is 1. The molecule has 3 rings (SSSR count). The van der Waals surface area contributed by atoms with Crippen LogP contribution in [0.2, 0.25) is 0 Å². The minimum absolute atomic E-state index is 0. The maximum atomic E-state index is 12.7. The summed E-state index contributed by atoms with van der Waals surface area (Å²) in [4.78, 5) is 41.2. The Kier molecular flexibility index (Phi) is 6.98. The summed E-state index contributed by atoms with van der Waals surface area (Å²) in [5, 5.41) is 16.5. The van der Waals surface area contributed by atoms with Gasteiger partial charge in [0.25, 0.3) is 0 Å². The van der Waals surface area contributed by atoms with Crippen LogP contribution in [0.15, 0.2) is 24.3 Å². The van der Waals surface area contributed by atoms with E-state index in [1.54, 1.807) is 29.2 Å². The molecule has 2 amide bonds. The Labute approximate surface area is 169 Å². The van der Waals surface area contributed by atoms with Crippen LogP contribution in [0, 0.1) is 5.41 Å². The number of halogens is 1. The first-order chi connectivity index (χ1) is 12.9. The van der Waals surface area contributed by atoms with Crippen LogP contribution in [0.5, 0.6) is 0 Å². The summed E-state index contributed by atoms with van der Waals surface area (Å²) in [6, 6.07) is 6.60. The summed E-state index contributed by atoms with van der Waals surface area (Å²) in [7, 11) is 0. The van der Waals surface area contributed by atoms with Gasteiger partial charge >= 0.3 is 17.8 Å². The quantitative estimate of drug-likeness (QED) is 0.368. The number of amidine groups is 1.